The minimum atomic E-state index is -0.205. The number of nitrogens with one attached hydrogen (secondary N) is 1. The molecule has 1 aromatic rings. The minimum Gasteiger partial charge on any atom is -0.497 e. The zero-order valence-electron chi connectivity index (χ0n) is 11.7. The molecular weight excluding hydrogens is 338 g/mol. The van der Waals surface area contributed by atoms with Gasteiger partial charge in [0.05, 0.1) is 12.7 Å². The molecule has 2 unspecified atom stereocenters. The van der Waals surface area contributed by atoms with Gasteiger partial charge in [0, 0.05) is 16.4 Å². The van der Waals surface area contributed by atoms with Crippen LogP contribution in [0.3, 0.4) is 0 Å². The van der Waals surface area contributed by atoms with Gasteiger partial charge in [0.25, 0.3) is 5.91 Å². The Morgan fingerprint density at radius 3 is 2.95 bits per heavy atom. The van der Waals surface area contributed by atoms with Crippen molar-refractivity contribution in [1.82, 2.24) is 5.32 Å². The van der Waals surface area contributed by atoms with Crippen LogP contribution in [0.5, 0.6) is 5.75 Å². The van der Waals surface area contributed by atoms with Gasteiger partial charge in [-0.25, -0.2) is 0 Å². The molecule has 7 heteroatoms. The lowest BCUT2D eigenvalue weighted by molar-refractivity contribution is 0.0932. The van der Waals surface area contributed by atoms with E-state index in [0.717, 1.165) is 19.3 Å². The van der Waals surface area contributed by atoms with E-state index in [9.17, 15) is 4.79 Å². The highest BCUT2D eigenvalue weighted by Gasteiger charge is 2.32. The van der Waals surface area contributed by atoms with Crippen molar-refractivity contribution in [2.24, 2.45) is 16.8 Å². The van der Waals surface area contributed by atoms with Crippen LogP contribution in [-0.4, -0.2) is 30.1 Å². The molecule has 0 aromatic heterocycles. The number of rotatable bonds is 4. The lowest BCUT2D eigenvalue weighted by Gasteiger charge is -2.20. The molecule has 1 aliphatic rings. The van der Waals surface area contributed by atoms with Crippen LogP contribution in [-0.2, 0) is 0 Å². The lowest BCUT2D eigenvalue weighted by atomic mass is 10.0. The van der Waals surface area contributed by atoms with Crippen molar-refractivity contribution in [3.05, 3.63) is 28.2 Å². The van der Waals surface area contributed by atoms with Gasteiger partial charge in [0.15, 0.2) is 0 Å². The number of nitrogens with zero attached hydrogens (tertiary/aromatic N) is 1. The fourth-order valence-electron chi connectivity index (χ4n) is 2.61. The number of methoxy groups -OCH3 is 1. The Labute approximate surface area is 131 Å². The van der Waals surface area contributed by atoms with Gasteiger partial charge in [-0.3, -0.25) is 4.79 Å². The molecule has 1 fully saturated rings. The molecule has 0 radical (unpaired) electrons. The molecule has 0 heterocycles. The molecule has 1 amide bonds. The molecular formula is C14H18BrN3O3. The van der Waals surface area contributed by atoms with Crippen molar-refractivity contribution in [3.63, 3.8) is 0 Å². The highest BCUT2D eigenvalue weighted by Crippen LogP contribution is 2.27. The Kier molecular flexibility index (Phi) is 5.06. The van der Waals surface area contributed by atoms with Crippen LogP contribution >= 0.6 is 15.9 Å². The number of carbonyl (C=O) groups excluding carboxylic acids is 1. The summed E-state index contributed by atoms with van der Waals surface area (Å²) in [6.45, 7) is 0. The standard InChI is InChI=1S/C14H18BrN3O3/c1-21-8-5-6-11(15)10(7-8)14(19)17-12-4-2-3-9(12)13(16)18-20/h5-7,9,12,20H,2-4H2,1H3,(H2,16,18)(H,17,19). The van der Waals surface area contributed by atoms with E-state index in [4.69, 9.17) is 15.7 Å². The molecule has 1 saturated carbocycles. The third kappa shape index (κ3) is 3.47. The highest BCUT2D eigenvalue weighted by atomic mass is 79.9. The second kappa shape index (κ2) is 6.80. The van der Waals surface area contributed by atoms with Gasteiger partial charge in [0.1, 0.15) is 11.6 Å². The number of nitrogens with two attached hydrogens (primary N) is 1. The van der Waals surface area contributed by atoms with Gasteiger partial charge in [-0.1, -0.05) is 11.6 Å². The average Bonchev–Trinajstić information content (AvgIpc) is 2.95. The van der Waals surface area contributed by atoms with Gasteiger partial charge in [-0.15, -0.1) is 0 Å². The van der Waals surface area contributed by atoms with Crippen molar-refractivity contribution in [3.8, 4) is 5.75 Å². The Morgan fingerprint density at radius 1 is 1.52 bits per heavy atom. The second-order valence-corrected chi connectivity index (χ2v) is 5.84. The number of hydrogen-bond donors (Lipinski definition) is 3. The first-order valence-electron chi connectivity index (χ1n) is 6.68. The van der Waals surface area contributed by atoms with E-state index in [0.29, 0.717) is 15.8 Å². The van der Waals surface area contributed by atoms with Gasteiger partial charge >= 0.3 is 0 Å². The number of oxime groups is 1. The largest absolute Gasteiger partial charge is 0.497 e. The van der Waals surface area contributed by atoms with Crippen LogP contribution < -0.4 is 15.8 Å². The van der Waals surface area contributed by atoms with Crippen LogP contribution in [0, 0.1) is 5.92 Å². The second-order valence-electron chi connectivity index (χ2n) is 4.99. The molecule has 1 aromatic carbocycles. The van der Waals surface area contributed by atoms with E-state index in [-0.39, 0.29) is 23.7 Å². The number of carbonyl (C=O) groups is 1. The van der Waals surface area contributed by atoms with Gasteiger partial charge in [0.2, 0.25) is 0 Å². The summed E-state index contributed by atoms with van der Waals surface area (Å²) in [6, 6.07) is 5.10. The predicted molar refractivity (Wildman–Crippen MR) is 82.7 cm³/mol. The SMILES string of the molecule is COc1ccc(Br)c(C(=O)NC2CCCC2C(N)=NO)c1. The van der Waals surface area contributed by atoms with E-state index in [2.05, 4.69) is 26.4 Å². The van der Waals surface area contributed by atoms with Crippen LogP contribution in [0.2, 0.25) is 0 Å². The smallest absolute Gasteiger partial charge is 0.252 e. The molecule has 2 atom stereocenters. The minimum absolute atomic E-state index is 0.119. The summed E-state index contributed by atoms with van der Waals surface area (Å²) in [5.74, 6) is 0.456. The Balaban J connectivity index is 2.14. The number of hydrogen-bond acceptors (Lipinski definition) is 4. The highest BCUT2D eigenvalue weighted by molar-refractivity contribution is 9.10. The Bertz CT molecular complexity index is 562. The molecule has 21 heavy (non-hydrogen) atoms. The monoisotopic (exact) mass is 355 g/mol. The third-order valence-electron chi connectivity index (χ3n) is 3.75. The maximum Gasteiger partial charge on any atom is 0.252 e. The van der Waals surface area contributed by atoms with Crippen LogP contribution in [0.25, 0.3) is 0 Å². The van der Waals surface area contributed by atoms with Crippen LogP contribution in [0.15, 0.2) is 27.8 Å². The zero-order chi connectivity index (χ0) is 15.4. The van der Waals surface area contributed by atoms with Crippen LogP contribution in [0.4, 0.5) is 0 Å². The Hall–Kier alpha value is -1.76. The zero-order valence-corrected chi connectivity index (χ0v) is 13.3. The van der Waals surface area contributed by atoms with Crippen molar-refractivity contribution < 1.29 is 14.7 Å². The van der Waals surface area contributed by atoms with Gasteiger partial charge in [-0.2, -0.15) is 0 Å². The van der Waals surface area contributed by atoms with Crippen molar-refractivity contribution in [2.75, 3.05) is 7.11 Å². The first-order chi connectivity index (χ1) is 10.1. The van der Waals surface area contributed by atoms with Gasteiger partial charge < -0.3 is 21.0 Å². The average molecular weight is 356 g/mol. The topological polar surface area (TPSA) is 96.9 Å². The molecule has 0 aliphatic heterocycles. The predicted octanol–water partition coefficient (Wildman–Crippen LogP) is 2.10. The van der Waals surface area contributed by atoms with E-state index in [1.54, 1.807) is 25.3 Å². The van der Waals surface area contributed by atoms with Crippen molar-refractivity contribution >= 4 is 27.7 Å². The molecule has 2 rings (SSSR count). The summed E-state index contributed by atoms with van der Waals surface area (Å²) < 4.78 is 5.83. The quantitative estimate of drug-likeness (QED) is 0.333. The summed E-state index contributed by atoms with van der Waals surface area (Å²) in [7, 11) is 1.55. The van der Waals surface area contributed by atoms with E-state index >= 15 is 0 Å². The van der Waals surface area contributed by atoms with E-state index < -0.39 is 0 Å². The first-order valence-corrected chi connectivity index (χ1v) is 7.48. The number of amidine groups is 1. The van der Waals surface area contributed by atoms with E-state index in [1.807, 2.05) is 0 Å². The number of benzene rings is 1. The fourth-order valence-corrected chi connectivity index (χ4v) is 3.04. The van der Waals surface area contributed by atoms with Crippen molar-refractivity contribution in [1.29, 1.82) is 0 Å². The normalized spacial score (nSPS) is 22.1. The molecule has 1 aliphatic carbocycles. The molecule has 4 N–H and O–H groups in total. The summed E-state index contributed by atoms with van der Waals surface area (Å²) in [4.78, 5) is 12.4. The maximum atomic E-state index is 12.4. The first kappa shape index (κ1) is 15.6. The summed E-state index contributed by atoms with van der Waals surface area (Å²) in [5.41, 5.74) is 6.18. The van der Waals surface area contributed by atoms with Crippen molar-refractivity contribution in [2.45, 2.75) is 25.3 Å². The number of amides is 1. The Morgan fingerprint density at radius 2 is 2.29 bits per heavy atom. The number of ether oxygens (including phenoxy) is 1. The fraction of sp³-hybridized carbons (Fsp3) is 0.429. The number of halogens is 1. The maximum absolute atomic E-state index is 12.4. The van der Waals surface area contributed by atoms with Crippen LogP contribution in [0.1, 0.15) is 29.6 Å². The van der Waals surface area contributed by atoms with E-state index in [1.165, 1.54) is 0 Å². The summed E-state index contributed by atoms with van der Waals surface area (Å²) >= 11 is 3.36. The lowest BCUT2D eigenvalue weighted by Crippen LogP contribution is -2.42. The molecule has 0 spiro atoms. The molecule has 0 saturated heterocycles. The van der Waals surface area contributed by atoms with Gasteiger partial charge in [-0.05, 0) is 47.0 Å². The third-order valence-corrected chi connectivity index (χ3v) is 4.44. The molecule has 0 bridgehead atoms. The summed E-state index contributed by atoms with van der Waals surface area (Å²) in [6.07, 6.45) is 2.56. The molecule has 114 valence electrons. The summed E-state index contributed by atoms with van der Waals surface area (Å²) in [5, 5.41) is 14.8. The molecule has 6 nitrogen and oxygen atoms in total.